The molecule has 2 N–H and O–H groups in total. The molecule has 116 valence electrons. The van der Waals surface area contributed by atoms with Crippen molar-refractivity contribution in [2.45, 2.75) is 5.92 Å². The number of aliphatic imine (C=N–C) groups is 1. The number of aromatic nitrogens is 2. The Labute approximate surface area is 137 Å². The van der Waals surface area contributed by atoms with Gasteiger partial charge in [0.05, 0.1) is 12.8 Å². The average molecular weight is 329 g/mol. The molecule has 2 heterocycles. The lowest BCUT2D eigenvalue weighted by Crippen LogP contribution is -2.25. The molecule has 23 heavy (non-hydrogen) atoms. The molecule has 0 spiro atoms. The molecule has 1 aliphatic rings. The largest absolute Gasteiger partial charge is 0.497 e. The number of hydrogen-bond donors (Lipinski definition) is 1. The van der Waals surface area contributed by atoms with Gasteiger partial charge < -0.3 is 10.5 Å². The van der Waals surface area contributed by atoms with Crippen LogP contribution in [0.15, 0.2) is 51.6 Å². The number of amidine groups is 2. The van der Waals surface area contributed by atoms with Crippen molar-refractivity contribution in [1.29, 1.82) is 0 Å². The second-order valence-corrected chi connectivity index (χ2v) is 5.12. The Morgan fingerprint density at radius 2 is 1.91 bits per heavy atom. The highest BCUT2D eigenvalue weighted by Crippen LogP contribution is 2.22. The first-order valence-electron chi connectivity index (χ1n) is 6.75. The van der Waals surface area contributed by atoms with Crippen LogP contribution in [0.25, 0.3) is 0 Å². The SMILES string of the molecule is COc1ccc(C=NC2=NN=C(N)C2c2ccc(Cl)nn2)cc1. The fourth-order valence-electron chi connectivity index (χ4n) is 2.05. The van der Waals surface area contributed by atoms with Gasteiger partial charge in [-0.15, -0.1) is 15.3 Å². The highest BCUT2D eigenvalue weighted by Gasteiger charge is 2.28. The maximum atomic E-state index is 5.89. The molecule has 7 nitrogen and oxygen atoms in total. The van der Waals surface area contributed by atoms with E-state index in [1.807, 2.05) is 24.3 Å². The molecule has 0 saturated heterocycles. The zero-order valence-corrected chi connectivity index (χ0v) is 13.0. The van der Waals surface area contributed by atoms with Gasteiger partial charge in [0, 0.05) is 6.21 Å². The van der Waals surface area contributed by atoms with E-state index in [0.29, 0.717) is 22.5 Å². The number of halogens is 1. The summed E-state index contributed by atoms with van der Waals surface area (Å²) in [6.07, 6.45) is 1.68. The molecule has 1 aromatic heterocycles. The van der Waals surface area contributed by atoms with Crippen molar-refractivity contribution in [1.82, 2.24) is 10.2 Å². The summed E-state index contributed by atoms with van der Waals surface area (Å²) in [4.78, 5) is 4.37. The molecular formula is C15H13ClN6O. The Balaban J connectivity index is 1.81. The van der Waals surface area contributed by atoms with Crippen molar-refractivity contribution in [3.63, 3.8) is 0 Å². The van der Waals surface area contributed by atoms with E-state index in [1.54, 1.807) is 25.5 Å². The van der Waals surface area contributed by atoms with Crippen molar-refractivity contribution >= 4 is 29.5 Å². The number of nitrogens with zero attached hydrogens (tertiary/aromatic N) is 5. The van der Waals surface area contributed by atoms with Gasteiger partial charge in [0.1, 0.15) is 17.5 Å². The lowest BCUT2D eigenvalue weighted by molar-refractivity contribution is 0.415. The van der Waals surface area contributed by atoms with E-state index in [1.165, 1.54) is 0 Å². The first kappa shape index (κ1) is 15.1. The van der Waals surface area contributed by atoms with Crippen LogP contribution >= 0.6 is 11.6 Å². The van der Waals surface area contributed by atoms with Crippen LogP contribution in [0.3, 0.4) is 0 Å². The molecule has 1 unspecified atom stereocenters. The van der Waals surface area contributed by atoms with Crippen molar-refractivity contribution in [2.75, 3.05) is 7.11 Å². The molecule has 0 fully saturated rings. The number of methoxy groups -OCH3 is 1. The third-order valence-corrected chi connectivity index (χ3v) is 3.43. The smallest absolute Gasteiger partial charge is 0.167 e. The van der Waals surface area contributed by atoms with Crippen LogP contribution in [-0.2, 0) is 0 Å². The molecular weight excluding hydrogens is 316 g/mol. The second-order valence-electron chi connectivity index (χ2n) is 4.73. The predicted molar refractivity (Wildman–Crippen MR) is 89.4 cm³/mol. The van der Waals surface area contributed by atoms with Gasteiger partial charge in [0.25, 0.3) is 0 Å². The van der Waals surface area contributed by atoms with Crippen molar-refractivity contribution < 1.29 is 4.74 Å². The van der Waals surface area contributed by atoms with Crippen molar-refractivity contribution in [2.24, 2.45) is 20.9 Å². The summed E-state index contributed by atoms with van der Waals surface area (Å²) in [5.41, 5.74) is 7.39. The van der Waals surface area contributed by atoms with Gasteiger partial charge in [0.2, 0.25) is 0 Å². The van der Waals surface area contributed by atoms with Crippen LogP contribution in [0.2, 0.25) is 5.15 Å². The number of benzene rings is 1. The highest BCUT2D eigenvalue weighted by atomic mass is 35.5. The lowest BCUT2D eigenvalue weighted by Gasteiger charge is -2.08. The van der Waals surface area contributed by atoms with Crippen LogP contribution in [0.5, 0.6) is 5.75 Å². The normalized spacial score (nSPS) is 17.2. The number of ether oxygens (including phenoxy) is 1. The van der Waals surface area contributed by atoms with Gasteiger partial charge in [-0.1, -0.05) is 11.6 Å². The quantitative estimate of drug-likeness (QED) is 0.871. The predicted octanol–water partition coefficient (Wildman–Crippen LogP) is 2.03. The summed E-state index contributed by atoms with van der Waals surface area (Å²) in [7, 11) is 1.62. The van der Waals surface area contributed by atoms with E-state index in [0.717, 1.165) is 11.3 Å². The summed E-state index contributed by atoms with van der Waals surface area (Å²) < 4.78 is 5.12. The highest BCUT2D eigenvalue weighted by molar-refractivity contribution is 6.29. The van der Waals surface area contributed by atoms with Gasteiger partial charge in [-0.05, 0) is 42.0 Å². The molecule has 1 aromatic carbocycles. The Bertz CT molecular complexity index is 783. The lowest BCUT2D eigenvalue weighted by atomic mass is 10.0. The van der Waals surface area contributed by atoms with E-state index in [4.69, 9.17) is 22.1 Å². The zero-order chi connectivity index (χ0) is 16.2. The first-order chi connectivity index (χ1) is 11.2. The molecule has 1 atom stereocenters. The topological polar surface area (TPSA) is 98.1 Å². The number of hydrogen-bond acceptors (Lipinski definition) is 7. The molecule has 0 aliphatic carbocycles. The van der Waals surface area contributed by atoms with E-state index >= 15 is 0 Å². The molecule has 2 aromatic rings. The molecule has 1 aliphatic heterocycles. The van der Waals surface area contributed by atoms with E-state index in [9.17, 15) is 0 Å². The molecule has 0 radical (unpaired) electrons. The molecule has 8 heteroatoms. The number of nitrogens with two attached hydrogens (primary N) is 1. The standard InChI is InChI=1S/C15H13ClN6O/c1-23-10-4-2-9(3-5-10)8-18-15-13(14(17)21-22-15)11-6-7-12(16)20-19-11/h2-8,13H,1H3,(H2,17,21). The van der Waals surface area contributed by atoms with Crippen molar-refractivity contribution in [3.05, 3.63) is 52.8 Å². The minimum absolute atomic E-state index is 0.308. The first-order valence-corrected chi connectivity index (χ1v) is 7.13. The molecule has 3 rings (SSSR count). The van der Waals surface area contributed by atoms with Gasteiger partial charge in [-0.3, -0.25) is 0 Å². The van der Waals surface area contributed by atoms with Crippen molar-refractivity contribution in [3.8, 4) is 5.75 Å². The van der Waals surface area contributed by atoms with Crippen LogP contribution < -0.4 is 10.5 Å². The van der Waals surface area contributed by atoms with E-state index in [2.05, 4.69) is 25.4 Å². The third-order valence-electron chi connectivity index (χ3n) is 3.23. The summed E-state index contributed by atoms with van der Waals surface area (Å²) in [5.74, 6) is 1.13. The maximum Gasteiger partial charge on any atom is 0.167 e. The Morgan fingerprint density at radius 3 is 2.57 bits per heavy atom. The van der Waals surface area contributed by atoms with E-state index < -0.39 is 5.92 Å². The summed E-state index contributed by atoms with van der Waals surface area (Å²) >= 11 is 5.75. The van der Waals surface area contributed by atoms with Crippen LogP contribution in [0, 0.1) is 0 Å². The van der Waals surface area contributed by atoms with Crippen LogP contribution in [0.1, 0.15) is 17.2 Å². The summed E-state index contributed by atoms with van der Waals surface area (Å²) in [5, 5.41) is 16.0. The van der Waals surface area contributed by atoms with Crippen LogP contribution in [0.4, 0.5) is 0 Å². The monoisotopic (exact) mass is 328 g/mol. The number of rotatable bonds is 3. The van der Waals surface area contributed by atoms with Gasteiger partial charge in [-0.25, -0.2) is 4.99 Å². The molecule has 0 saturated carbocycles. The third kappa shape index (κ3) is 3.35. The average Bonchev–Trinajstić information content (AvgIpc) is 2.95. The Hall–Kier alpha value is -2.80. The minimum Gasteiger partial charge on any atom is -0.497 e. The van der Waals surface area contributed by atoms with Gasteiger partial charge >= 0.3 is 0 Å². The fraction of sp³-hybridized carbons (Fsp3) is 0.133. The zero-order valence-electron chi connectivity index (χ0n) is 12.2. The fourth-order valence-corrected chi connectivity index (χ4v) is 2.15. The second kappa shape index (κ2) is 6.53. The Kier molecular flexibility index (Phi) is 4.29. The van der Waals surface area contributed by atoms with Crippen LogP contribution in [-0.4, -0.2) is 35.2 Å². The van der Waals surface area contributed by atoms with Gasteiger partial charge in [-0.2, -0.15) is 5.10 Å². The Morgan fingerprint density at radius 1 is 1.13 bits per heavy atom. The van der Waals surface area contributed by atoms with Gasteiger partial charge in [0.15, 0.2) is 11.0 Å². The minimum atomic E-state index is -0.422. The molecule has 0 amide bonds. The summed E-state index contributed by atoms with van der Waals surface area (Å²) in [6.45, 7) is 0. The maximum absolute atomic E-state index is 5.89. The molecule has 0 bridgehead atoms. The van der Waals surface area contributed by atoms with E-state index in [-0.39, 0.29) is 0 Å². The summed E-state index contributed by atoms with van der Waals surface area (Å²) in [6, 6.07) is 10.8.